The van der Waals surface area contributed by atoms with Crippen LogP contribution >= 0.6 is 0 Å². The van der Waals surface area contributed by atoms with Crippen LogP contribution in [0.1, 0.15) is 23.5 Å². The number of hydrogen-bond donors (Lipinski definition) is 1. The van der Waals surface area contributed by atoms with Crippen molar-refractivity contribution in [1.82, 2.24) is 5.32 Å². The summed E-state index contributed by atoms with van der Waals surface area (Å²) in [5.41, 5.74) is -0.287. The molecule has 0 aliphatic heterocycles. The molecule has 74 valence electrons. The van der Waals surface area contributed by atoms with Gasteiger partial charge in [-0.15, -0.1) is 0 Å². The molecule has 13 heavy (non-hydrogen) atoms. The second kappa shape index (κ2) is 5.35. The van der Waals surface area contributed by atoms with Crippen molar-refractivity contribution in [2.24, 2.45) is 5.89 Å². The standard InChI is InChI=1S/C9H15NO3/c1-6(2)5-8(9(12)13-4)10-7(3)11/h5-6H,1-4H3,(H,10,11)/b8-5-/i1+1,5+1D,6D,10+1. The highest BCUT2D eigenvalue weighted by Gasteiger charge is 2.10. The van der Waals surface area contributed by atoms with Gasteiger partial charge in [-0.05, 0) is 5.89 Å². The van der Waals surface area contributed by atoms with Crippen LogP contribution in [0.5, 0.6) is 0 Å². The molecule has 0 saturated carbocycles. The number of ether oxygens (including phenoxy) is 1. The maximum absolute atomic E-state index is 11.2. The number of carbonyl (C=O) groups excluding carboxylic acids is 2. The molecule has 0 aromatic rings. The Morgan fingerprint density at radius 1 is 1.62 bits per heavy atom. The highest BCUT2D eigenvalue weighted by atomic mass is 16.5. The smallest absolute Gasteiger partial charge is 0.354 e. The summed E-state index contributed by atoms with van der Waals surface area (Å²) < 4.78 is 19.6. The van der Waals surface area contributed by atoms with E-state index in [0.717, 1.165) is 7.11 Å². The molecule has 4 heteroatoms. The maximum atomic E-state index is 11.2. The summed E-state index contributed by atoms with van der Waals surface area (Å²) in [5.74, 6) is -2.58. The van der Waals surface area contributed by atoms with Crippen LogP contribution in [0.2, 0.25) is 0 Å². The molecule has 4 nitrogen and oxygen atoms in total. The molecule has 0 aromatic heterocycles. The molecule has 0 spiro atoms. The van der Waals surface area contributed by atoms with Crippen molar-refractivity contribution in [1.29, 1.82) is 0 Å². The highest BCUT2D eigenvalue weighted by Crippen LogP contribution is 2.01. The van der Waals surface area contributed by atoms with Gasteiger partial charge in [0.2, 0.25) is 5.91 Å². The molecule has 0 radical (unpaired) electrons. The molecule has 0 fully saturated rings. The van der Waals surface area contributed by atoms with Gasteiger partial charge in [0, 0.05) is 8.29 Å². The Balaban J connectivity index is 5.25. The molecule has 0 rings (SSSR count). The van der Waals surface area contributed by atoms with Crippen LogP contribution in [0.25, 0.3) is 0 Å². The normalized spacial score (nSPS) is 18.8. The van der Waals surface area contributed by atoms with Gasteiger partial charge in [0.05, 0.1) is 8.48 Å². The Bertz CT molecular complexity index is 305. The summed E-state index contributed by atoms with van der Waals surface area (Å²) >= 11 is 0. The summed E-state index contributed by atoms with van der Waals surface area (Å²) in [6.07, 6.45) is 0. The first-order valence-electron chi connectivity index (χ1n) is 4.77. The maximum Gasteiger partial charge on any atom is 0.354 e. The van der Waals surface area contributed by atoms with Crippen LogP contribution in [0.3, 0.4) is 0 Å². The molecule has 0 aliphatic carbocycles. The largest absolute Gasteiger partial charge is 0.464 e. The van der Waals surface area contributed by atoms with Gasteiger partial charge in [-0.1, -0.05) is 19.9 Å². The Morgan fingerprint density at radius 2 is 2.15 bits per heavy atom. The third-order valence-electron chi connectivity index (χ3n) is 1.07. The lowest BCUT2D eigenvalue weighted by Crippen LogP contribution is -2.26. The molecule has 0 bridgehead atoms. The van der Waals surface area contributed by atoms with E-state index in [1.807, 2.05) is 0 Å². The van der Waals surface area contributed by atoms with Gasteiger partial charge in [0.15, 0.2) is 0 Å². The van der Waals surface area contributed by atoms with Crippen molar-refractivity contribution < 1.29 is 17.1 Å². The van der Waals surface area contributed by atoms with Crippen molar-refractivity contribution in [3.63, 3.8) is 0 Å². The van der Waals surface area contributed by atoms with Crippen LogP contribution in [-0.4, -0.2) is 19.0 Å². The molecule has 0 heterocycles. The van der Waals surface area contributed by atoms with Gasteiger partial charge in [0.1, 0.15) is 5.70 Å². The van der Waals surface area contributed by atoms with Crippen LogP contribution < -0.4 is 5.32 Å². The Hall–Kier alpha value is -1.32. The second-order valence-corrected chi connectivity index (χ2v) is 2.67. The van der Waals surface area contributed by atoms with Gasteiger partial charge < -0.3 is 10.1 Å². The lowest BCUT2D eigenvalue weighted by Gasteiger charge is -2.06. The molecule has 0 saturated heterocycles. The van der Waals surface area contributed by atoms with Gasteiger partial charge in [-0.25, -0.2) is 4.79 Å². The lowest BCUT2D eigenvalue weighted by atomic mass is 10.4. The number of esters is 1. The zero-order chi connectivity index (χ0) is 12.2. The van der Waals surface area contributed by atoms with E-state index in [-0.39, 0.29) is 11.7 Å². The van der Waals surface area contributed by atoms with E-state index in [4.69, 9.17) is 2.74 Å². The Kier molecular flexibility index (Phi) is 3.41. The minimum absolute atomic E-state index is 0.287. The van der Waals surface area contributed by atoms with E-state index in [1.165, 1.54) is 20.8 Å². The predicted molar refractivity (Wildman–Crippen MR) is 48.8 cm³/mol. The molecule has 1 amide bonds. The first kappa shape index (κ1) is 8.29. The van der Waals surface area contributed by atoms with Crippen LogP contribution in [0.15, 0.2) is 11.7 Å². The fraction of sp³-hybridized carbons (Fsp3) is 0.556. The first-order valence-corrected chi connectivity index (χ1v) is 3.77. The molecule has 1 N–H and O–H groups in total. The predicted octanol–water partition coefficient (Wildman–Crippen LogP) is 0.835. The Morgan fingerprint density at radius 3 is 2.46 bits per heavy atom. The van der Waals surface area contributed by atoms with Crippen LogP contribution in [0.4, 0.5) is 0 Å². The number of methoxy groups -OCH3 is 1. The second-order valence-electron chi connectivity index (χ2n) is 2.67. The summed E-state index contributed by atoms with van der Waals surface area (Å²) in [6.45, 7) is 4.10. The van der Waals surface area contributed by atoms with Gasteiger partial charge in [-0.3, -0.25) is 4.79 Å². The van der Waals surface area contributed by atoms with Crippen LogP contribution in [0, 0.1) is 5.89 Å². The van der Waals surface area contributed by atoms with E-state index < -0.39 is 17.8 Å². The summed E-state index contributed by atoms with van der Waals surface area (Å²) in [4.78, 5) is 22.0. The average Bonchev–Trinajstić information content (AvgIpc) is 2.10. The van der Waals surface area contributed by atoms with Crippen molar-refractivity contribution in [3.05, 3.63) is 11.7 Å². The number of allylic oxidation sites excluding steroid dienone is 1. The van der Waals surface area contributed by atoms with E-state index in [1.54, 1.807) is 0 Å². The molecule has 0 aromatic carbocycles. The number of hydrogen-bond acceptors (Lipinski definition) is 3. The van der Waals surface area contributed by atoms with Crippen molar-refractivity contribution >= 4 is 11.9 Å². The fourth-order valence-electron chi connectivity index (χ4n) is 0.661. The number of carbonyl (C=O) groups is 2. The van der Waals surface area contributed by atoms with Crippen molar-refractivity contribution in [3.8, 4) is 0 Å². The van der Waals surface area contributed by atoms with E-state index >= 15 is 0 Å². The summed E-state index contributed by atoms with van der Waals surface area (Å²) in [5, 5.41) is 2.20. The minimum Gasteiger partial charge on any atom is -0.464 e. The van der Waals surface area contributed by atoms with Gasteiger partial charge >= 0.3 is 5.97 Å². The molecule has 1 atom stereocenters. The quantitative estimate of drug-likeness (QED) is 0.310. The molecular weight excluding hydrogens is 173 g/mol. The van der Waals surface area contributed by atoms with E-state index in [2.05, 4.69) is 10.1 Å². The molecule has 0 aliphatic rings. The highest BCUT2D eigenvalue weighted by molar-refractivity contribution is 5.93. The lowest BCUT2D eigenvalue weighted by molar-refractivity contribution is -0.137. The van der Waals surface area contributed by atoms with Gasteiger partial charge in [-0.2, -0.15) is 0 Å². The zero-order valence-corrected chi connectivity index (χ0v) is 8.22. The third kappa shape index (κ3) is 5.00. The van der Waals surface area contributed by atoms with E-state index in [9.17, 15) is 9.59 Å². The minimum atomic E-state index is -1.27. The summed E-state index contributed by atoms with van der Waals surface area (Å²) in [6, 6.07) is -0.287. The van der Waals surface area contributed by atoms with Crippen molar-refractivity contribution in [2.75, 3.05) is 7.11 Å². The van der Waals surface area contributed by atoms with Crippen molar-refractivity contribution in [2.45, 2.75) is 20.8 Å². The zero-order valence-electron chi connectivity index (χ0n) is 10.2. The number of amides is 1. The Labute approximate surface area is 80.8 Å². The van der Waals surface area contributed by atoms with E-state index in [0.29, 0.717) is 0 Å². The van der Waals surface area contributed by atoms with Gasteiger partial charge in [0.25, 0.3) is 0 Å². The SMILES string of the molecule is [2H]/[13C](=C(/[15NH]C(C)=O)C(=O)OC)C([2H])(C)[13CH3]. The third-order valence-corrected chi connectivity index (χ3v) is 1.07. The first-order chi connectivity index (χ1) is 6.70. The fourth-order valence-corrected chi connectivity index (χ4v) is 0.661. The summed E-state index contributed by atoms with van der Waals surface area (Å²) in [7, 11) is 1.15. The van der Waals surface area contributed by atoms with Crippen LogP contribution in [-0.2, 0) is 14.3 Å². The monoisotopic (exact) mass is 190 g/mol. The topological polar surface area (TPSA) is 55.4 Å². The number of rotatable bonds is 3. The molecule has 1 unspecified atom stereocenters. The average molecular weight is 190 g/mol. The molecular formula is C9H15NO3. The number of nitrogens with one attached hydrogen (secondary N) is 1.